The van der Waals surface area contributed by atoms with Crippen LogP contribution in [-0.4, -0.2) is 15.9 Å². The van der Waals surface area contributed by atoms with E-state index in [0.29, 0.717) is 5.92 Å². The fraction of sp³-hybridized carbons (Fsp3) is 0.435. The number of carbonyl (C=O) groups is 1. The maximum absolute atomic E-state index is 12.2. The first-order chi connectivity index (χ1) is 24.1. The predicted molar refractivity (Wildman–Crippen MR) is 213 cm³/mol. The predicted octanol–water partition coefficient (Wildman–Crippen LogP) is 13.5. The van der Waals surface area contributed by atoms with E-state index in [1.165, 1.54) is 22.6 Å². The Hall–Kier alpha value is -3.73. The van der Waals surface area contributed by atoms with Crippen molar-refractivity contribution in [1.82, 2.24) is 4.98 Å². The van der Waals surface area contributed by atoms with Gasteiger partial charge in [-0.05, 0) is 61.6 Å². The summed E-state index contributed by atoms with van der Waals surface area (Å²) in [5.41, 5.74) is 6.18. The molecule has 0 aliphatic heterocycles. The Balaban J connectivity index is 0.000000289. The van der Waals surface area contributed by atoms with Crippen molar-refractivity contribution in [3.63, 3.8) is 0 Å². The number of hydrogen-bond donors (Lipinski definition) is 1. The van der Waals surface area contributed by atoms with Gasteiger partial charge in [-0.3, -0.25) is 9.78 Å². The van der Waals surface area contributed by atoms with Crippen molar-refractivity contribution in [3.05, 3.63) is 90.0 Å². The monoisotopic (exact) mass is 879 g/mol. The molecule has 0 amide bonds. The molecular formula is C46H56IrNO4-. The number of aliphatic hydroxyl groups excluding tert-OH is 1. The molecule has 0 aliphatic carbocycles. The van der Waals surface area contributed by atoms with Gasteiger partial charge in [0.15, 0.2) is 5.78 Å². The molecule has 0 unspecified atom stereocenters. The first kappa shape index (κ1) is 41.0. The first-order valence-corrected chi connectivity index (χ1v) is 18.7. The summed E-state index contributed by atoms with van der Waals surface area (Å²) in [6.45, 7) is 23.3. The quantitative estimate of drug-likeness (QED) is 0.0843. The largest absolute Gasteiger partial charge is 0.512 e. The molecule has 3 aromatic heterocycles. The number of furan rings is 2. The molecule has 0 saturated carbocycles. The maximum Gasteiger partial charge on any atom is 0.164 e. The minimum Gasteiger partial charge on any atom is -0.512 e. The van der Waals surface area contributed by atoms with Crippen molar-refractivity contribution < 1.29 is 38.8 Å². The van der Waals surface area contributed by atoms with E-state index >= 15 is 0 Å². The summed E-state index contributed by atoms with van der Waals surface area (Å²) in [7, 11) is 0. The fourth-order valence-corrected chi connectivity index (χ4v) is 6.79. The minimum absolute atomic E-state index is 0. The Morgan fingerprint density at radius 3 is 2.12 bits per heavy atom. The van der Waals surface area contributed by atoms with Crippen LogP contribution < -0.4 is 0 Å². The second kappa shape index (κ2) is 16.1. The summed E-state index contributed by atoms with van der Waals surface area (Å²) in [5.74, 6) is 0.814. The summed E-state index contributed by atoms with van der Waals surface area (Å²) < 4.78 is 12.5. The minimum atomic E-state index is -0.337. The second-order valence-electron chi connectivity index (χ2n) is 16.1. The topological polar surface area (TPSA) is 76.5 Å². The third-order valence-electron chi connectivity index (χ3n) is 11.2. The van der Waals surface area contributed by atoms with Gasteiger partial charge in [0.25, 0.3) is 0 Å². The van der Waals surface area contributed by atoms with E-state index in [0.717, 1.165) is 81.7 Å². The molecule has 1 N–H and O–H groups in total. The van der Waals surface area contributed by atoms with Crippen LogP contribution in [0.25, 0.3) is 54.9 Å². The number of carbonyl (C=O) groups excluding carboxylic acids is 1. The van der Waals surface area contributed by atoms with Crippen LogP contribution in [0.2, 0.25) is 0 Å². The molecule has 52 heavy (non-hydrogen) atoms. The van der Waals surface area contributed by atoms with Crippen LogP contribution in [0.15, 0.2) is 81.7 Å². The Labute approximate surface area is 323 Å². The molecule has 3 heterocycles. The van der Waals surface area contributed by atoms with Gasteiger partial charge in [-0.15, -0.1) is 29.1 Å². The van der Waals surface area contributed by atoms with Gasteiger partial charge in [-0.2, -0.15) is 0 Å². The third-order valence-corrected chi connectivity index (χ3v) is 11.2. The number of rotatable bonds is 10. The molecule has 0 atom stereocenters. The van der Waals surface area contributed by atoms with Crippen molar-refractivity contribution >= 4 is 49.5 Å². The van der Waals surface area contributed by atoms with E-state index in [1.54, 1.807) is 0 Å². The van der Waals surface area contributed by atoms with Gasteiger partial charge in [0.1, 0.15) is 22.5 Å². The van der Waals surface area contributed by atoms with E-state index in [9.17, 15) is 9.90 Å². The van der Waals surface area contributed by atoms with Crippen molar-refractivity contribution in [3.8, 4) is 11.3 Å². The fourth-order valence-electron chi connectivity index (χ4n) is 6.79. The van der Waals surface area contributed by atoms with E-state index in [2.05, 4.69) is 83.1 Å². The first-order valence-electron chi connectivity index (χ1n) is 18.7. The molecule has 0 saturated heterocycles. The summed E-state index contributed by atoms with van der Waals surface area (Å²) in [6.07, 6.45) is 9.45. The zero-order valence-electron chi connectivity index (χ0n) is 32.9. The summed E-state index contributed by atoms with van der Waals surface area (Å²) in [4.78, 5) is 17.0. The van der Waals surface area contributed by atoms with Crippen LogP contribution >= 0.6 is 0 Å². The molecule has 279 valence electrons. The third kappa shape index (κ3) is 7.94. The molecule has 0 fully saturated rings. The number of aromatic nitrogens is 1. The van der Waals surface area contributed by atoms with Crippen LogP contribution in [0.1, 0.15) is 113 Å². The average Bonchev–Trinajstić information content (AvgIpc) is 3.70. The summed E-state index contributed by atoms with van der Waals surface area (Å²) in [5, 5.41) is 15.7. The zero-order valence-corrected chi connectivity index (χ0v) is 35.3. The number of hydrogen-bond acceptors (Lipinski definition) is 5. The Kier molecular flexibility index (Phi) is 12.7. The van der Waals surface area contributed by atoms with Gasteiger partial charge >= 0.3 is 0 Å². The molecule has 3 aromatic carbocycles. The molecule has 0 bridgehead atoms. The van der Waals surface area contributed by atoms with Crippen LogP contribution in [0.5, 0.6) is 0 Å². The van der Waals surface area contributed by atoms with Crippen LogP contribution in [0.4, 0.5) is 0 Å². The van der Waals surface area contributed by atoms with Crippen molar-refractivity contribution in [2.75, 3.05) is 0 Å². The molecule has 5 nitrogen and oxygen atoms in total. The number of benzene rings is 3. The van der Waals surface area contributed by atoms with Gasteiger partial charge in [-0.25, -0.2) is 0 Å². The number of pyridine rings is 1. The SMILES string of the molecule is CC(C)Cc1coc2ccc3c4ccnc(-c5[c-]c6ccccc6c(C(C)(C)C)c5)c4oc3c12.CCC(C)(CC)C(=O)/C=C(\O)C(C)(CC)CC.[Ir]. The molecular weight excluding hydrogens is 823 g/mol. The normalized spacial score (nSPS) is 12.8. The molecule has 6 rings (SSSR count). The standard InChI is InChI=1S/C31H28NO2.C15H28O2.Ir/c1-18(2)14-21-17-33-26-11-10-23-24-12-13-32-28(30(24)34-29(23)27(21)26)20-15-19-8-6-7-9-22(19)25(16-20)31(3,4)5;1-7-14(5,8-2)12(16)11-13(17)15(6,9-3)10-4;/h6-13,16-18H,14H2,1-5H3;11,16H,7-10H2,1-6H3;/q-1;;/b;12-11-;. The van der Waals surface area contributed by atoms with E-state index in [1.807, 2.05) is 60.1 Å². The number of nitrogens with zero attached hydrogens (tertiary/aromatic N) is 1. The van der Waals surface area contributed by atoms with Gasteiger partial charge in [-0.1, -0.05) is 105 Å². The number of aliphatic hydroxyl groups is 1. The second-order valence-corrected chi connectivity index (χ2v) is 16.1. The van der Waals surface area contributed by atoms with Crippen molar-refractivity contribution in [2.45, 2.75) is 114 Å². The van der Waals surface area contributed by atoms with Crippen LogP contribution in [0.3, 0.4) is 0 Å². The zero-order chi connectivity index (χ0) is 37.3. The number of ketones is 1. The molecule has 0 aliphatic rings. The Morgan fingerprint density at radius 2 is 1.50 bits per heavy atom. The van der Waals surface area contributed by atoms with E-state index in [4.69, 9.17) is 13.8 Å². The molecule has 6 heteroatoms. The number of fused-ring (bicyclic) bond motifs is 6. The van der Waals surface area contributed by atoms with Gasteiger partial charge in [0.05, 0.1) is 11.6 Å². The van der Waals surface area contributed by atoms with Gasteiger partial charge in [0, 0.05) is 65.2 Å². The Morgan fingerprint density at radius 1 is 0.865 bits per heavy atom. The summed E-state index contributed by atoms with van der Waals surface area (Å²) in [6, 6.07) is 20.5. The van der Waals surface area contributed by atoms with Crippen molar-refractivity contribution in [2.24, 2.45) is 16.7 Å². The molecule has 6 aromatic rings. The summed E-state index contributed by atoms with van der Waals surface area (Å²) >= 11 is 0. The smallest absolute Gasteiger partial charge is 0.164 e. The maximum atomic E-state index is 12.2. The average molecular weight is 879 g/mol. The van der Waals surface area contributed by atoms with Gasteiger partial charge in [0.2, 0.25) is 0 Å². The molecule has 0 spiro atoms. The van der Waals surface area contributed by atoms with Crippen LogP contribution in [-0.2, 0) is 36.7 Å². The van der Waals surface area contributed by atoms with E-state index < -0.39 is 0 Å². The van der Waals surface area contributed by atoms with E-state index in [-0.39, 0.29) is 47.9 Å². The van der Waals surface area contributed by atoms with Gasteiger partial charge < -0.3 is 13.9 Å². The van der Waals surface area contributed by atoms with Crippen LogP contribution in [0, 0.1) is 22.8 Å². The van der Waals surface area contributed by atoms with Crippen molar-refractivity contribution in [1.29, 1.82) is 0 Å². The molecule has 1 radical (unpaired) electrons. The number of allylic oxidation sites excluding steroid dienone is 2. The Bertz CT molecular complexity index is 2200.